The maximum Gasteiger partial charge on any atom is 0.252 e. The van der Waals surface area contributed by atoms with E-state index >= 15 is 0 Å². The lowest BCUT2D eigenvalue weighted by Gasteiger charge is -2.20. The number of nitrogens with one attached hydrogen (secondary N) is 1. The van der Waals surface area contributed by atoms with E-state index in [1.54, 1.807) is 24.3 Å². The maximum absolute atomic E-state index is 13.8. The molecule has 0 radical (unpaired) electrons. The van der Waals surface area contributed by atoms with E-state index in [4.69, 9.17) is 0 Å². The number of rotatable bonds is 4. The minimum absolute atomic E-state index is 0.118. The molecule has 0 aliphatic heterocycles. The second kappa shape index (κ2) is 6.52. The number of hydrogen-bond donors (Lipinski definition) is 1. The fraction of sp³-hybridized carbons (Fsp3) is 0.312. The minimum atomic E-state index is -0.300. The molecule has 0 aliphatic rings. The van der Waals surface area contributed by atoms with E-state index in [1.807, 2.05) is 6.07 Å². The van der Waals surface area contributed by atoms with Crippen molar-refractivity contribution >= 4 is 39.3 Å². The summed E-state index contributed by atoms with van der Waals surface area (Å²) >= 11 is 2.27. The molecule has 4 heteroatoms. The van der Waals surface area contributed by atoms with Gasteiger partial charge in [-0.3, -0.25) is 4.79 Å². The normalized spacial score (nSPS) is 12.7. The van der Waals surface area contributed by atoms with Crippen LogP contribution in [0.15, 0.2) is 36.4 Å². The Balaban J connectivity index is 2.38. The first-order chi connectivity index (χ1) is 9.54. The lowest BCUT2D eigenvalue weighted by atomic mass is 10.0. The van der Waals surface area contributed by atoms with Crippen LogP contribution in [-0.4, -0.2) is 16.4 Å². The number of amides is 1. The maximum atomic E-state index is 13.8. The van der Waals surface area contributed by atoms with Crippen molar-refractivity contribution in [1.29, 1.82) is 0 Å². The lowest BCUT2D eigenvalue weighted by molar-refractivity contribution is 0.0934. The molecule has 1 amide bonds. The van der Waals surface area contributed by atoms with Gasteiger partial charge in [0.1, 0.15) is 5.82 Å². The van der Waals surface area contributed by atoms with Crippen LogP contribution >= 0.6 is 22.6 Å². The Morgan fingerprint density at radius 2 is 1.85 bits per heavy atom. The van der Waals surface area contributed by atoms with Gasteiger partial charge in [-0.15, -0.1) is 0 Å². The van der Waals surface area contributed by atoms with Crippen molar-refractivity contribution in [3.05, 3.63) is 47.8 Å². The van der Waals surface area contributed by atoms with Crippen LogP contribution in [0.4, 0.5) is 4.39 Å². The van der Waals surface area contributed by atoms with Gasteiger partial charge in [0.05, 0.1) is 0 Å². The largest absolute Gasteiger partial charge is 0.348 e. The molecule has 2 aromatic carbocycles. The summed E-state index contributed by atoms with van der Waals surface area (Å²) in [6.07, 6.45) is 0. The fourth-order valence-corrected chi connectivity index (χ4v) is 3.33. The van der Waals surface area contributed by atoms with Gasteiger partial charge in [-0.2, -0.15) is 0 Å². The quantitative estimate of drug-likeness (QED) is 0.621. The van der Waals surface area contributed by atoms with Crippen molar-refractivity contribution < 1.29 is 9.18 Å². The number of halogens is 2. The zero-order valence-corrected chi connectivity index (χ0v) is 13.6. The molecule has 0 saturated carbocycles. The van der Waals surface area contributed by atoms with Crippen LogP contribution in [-0.2, 0) is 0 Å². The van der Waals surface area contributed by atoms with E-state index in [0.717, 1.165) is 4.43 Å². The predicted molar refractivity (Wildman–Crippen MR) is 88.9 cm³/mol. The number of carbonyl (C=O) groups excluding carboxylic acids is 1. The molecule has 2 rings (SSSR count). The molecule has 0 heterocycles. The van der Waals surface area contributed by atoms with Gasteiger partial charge < -0.3 is 5.32 Å². The third-order valence-electron chi connectivity index (χ3n) is 3.40. The predicted octanol–water partition coefficient (Wildman–Crippen LogP) is 4.17. The van der Waals surface area contributed by atoms with Crippen molar-refractivity contribution in [2.24, 2.45) is 5.92 Å². The summed E-state index contributed by atoms with van der Waals surface area (Å²) in [6, 6.07) is 10.1. The summed E-state index contributed by atoms with van der Waals surface area (Å²) < 4.78 is 14.6. The van der Waals surface area contributed by atoms with E-state index < -0.39 is 0 Å². The highest BCUT2D eigenvalue weighted by molar-refractivity contribution is 14.1. The summed E-state index contributed by atoms with van der Waals surface area (Å²) in [5.74, 6) is -0.0782. The molecule has 106 valence electrons. The number of fused-ring (bicyclic) bond motifs is 1. The van der Waals surface area contributed by atoms with E-state index in [-0.39, 0.29) is 17.8 Å². The van der Waals surface area contributed by atoms with Crippen molar-refractivity contribution in [3.8, 4) is 0 Å². The summed E-state index contributed by atoms with van der Waals surface area (Å²) in [4.78, 5) is 12.4. The Bertz CT molecular complexity index is 627. The van der Waals surface area contributed by atoms with Crippen LogP contribution in [0, 0.1) is 11.7 Å². The van der Waals surface area contributed by atoms with Crippen LogP contribution in [0.25, 0.3) is 10.8 Å². The third kappa shape index (κ3) is 3.11. The van der Waals surface area contributed by atoms with Crippen molar-refractivity contribution in [2.75, 3.05) is 4.43 Å². The van der Waals surface area contributed by atoms with Gasteiger partial charge in [-0.25, -0.2) is 4.39 Å². The smallest absolute Gasteiger partial charge is 0.252 e. The topological polar surface area (TPSA) is 29.1 Å². The first-order valence-corrected chi connectivity index (χ1v) is 8.11. The van der Waals surface area contributed by atoms with Crippen molar-refractivity contribution in [1.82, 2.24) is 5.32 Å². The summed E-state index contributed by atoms with van der Waals surface area (Å²) in [5, 5.41) is 4.16. The first-order valence-electron chi connectivity index (χ1n) is 6.58. The minimum Gasteiger partial charge on any atom is -0.348 e. The van der Waals surface area contributed by atoms with Gasteiger partial charge in [-0.1, -0.05) is 60.7 Å². The monoisotopic (exact) mass is 385 g/mol. The molecular formula is C16H17FINO. The van der Waals surface area contributed by atoms with Crippen LogP contribution in [0.2, 0.25) is 0 Å². The SMILES string of the molecule is CC(C)C(CI)NC(=O)c1ccc(F)c2ccccc12. The second-order valence-corrected chi connectivity index (χ2v) is 6.00. The van der Waals surface area contributed by atoms with E-state index in [2.05, 4.69) is 41.8 Å². The summed E-state index contributed by atoms with van der Waals surface area (Å²) in [6.45, 7) is 4.15. The van der Waals surface area contributed by atoms with Crippen LogP contribution in [0.3, 0.4) is 0 Å². The molecule has 1 atom stereocenters. The number of hydrogen-bond acceptors (Lipinski definition) is 1. The molecule has 2 nitrogen and oxygen atoms in total. The zero-order valence-electron chi connectivity index (χ0n) is 11.5. The first kappa shape index (κ1) is 15.2. The second-order valence-electron chi connectivity index (χ2n) is 5.12. The highest BCUT2D eigenvalue weighted by Gasteiger charge is 2.18. The van der Waals surface area contributed by atoms with Crippen LogP contribution in [0.5, 0.6) is 0 Å². The van der Waals surface area contributed by atoms with Gasteiger partial charge in [0.2, 0.25) is 0 Å². The Morgan fingerprint density at radius 1 is 1.20 bits per heavy atom. The van der Waals surface area contributed by atoms with E-state index in [9.17, 15) is 9.18 Å². The molecule has 20 heavy (non-hydrogen) atoms. The Hall–Kier alpha value is -1.17. The van der Waals surface area contributed by atoms with Crippen molar-refractivity contribution in [2.45, 2.75) is 19.9 Å². The number of benzene rings is 2. The molecular weight excluding hydrogens is 368 g/mol. The molecule has 0 saturated heterocycles. The highest BCUT2D eigenvalue weighted by Crippen LogP contribution is 2.22. The molecule has 0 aromatic heterocycles. The van der Waals surface area contributed by atoms with E-state index in [0.29, 0.717) is 22.3 Å². The molecule has 0 aliphatic carbocycles. The average molecular weight is 385 g/mol. The number of carbonyl (C=O) groups is 1. The van der Waals surface area contributed by atoms with Crippen LogP contribution in [0.1, 0.15) is 24.2 Å². The standard InChI is InChI=1S/C16H17FINO/c1-10(2)15(9-18)19-16(20)13-7-8-14(17)12-6-4-3-5-11(12)13/h3-8,10,15H,9H2,1-2H3,(H,19,20). The van der Waals surface area contributed by atoms with Gasteiger partial charge >= 0.3 is 0 Å². The Labute approximate surface area is 131 Å². The van der Waals surface area contributed by atoms with Gasteiger partial charge in [0.15, 0.2) is 0 Å². The molecule has 1 N–H and O–H groups in total. The van der Waals surface area contributed by atoms with Gasteiger partial charge in [-0.05, 0) is 23.4 Å². The lowest BCUT2D eigenvalue weighted by Crippen LogP contribution is -2.39. The molecule has 1 unspecified atom stereocenters. The highest BCUT2D eigenvalue weighted by atomic mass is 127. The molecule has 2 aromatic rings. The molecule has 0 bridgehead atoms. The fourth-order valence-electron chi connectivity index (χ4n) is 2.09. The van der Waals surface area contributed by atoms with Crippen LogP contribution < -0.4 is 5.32 Å². The third-order valence-corrected chi connectivity index (χ3v) is 4.35. The summed E-state index contributed by atoms with van der Waals surface area (Å²) in [7, 11) is 0. The molecule has 0 fully saturated rings. The zero-order chi connectivity index (χ0) is 14.7. The Morgan fingerprint density at radius 3 is 2.45 bits per heavy atom. The van der Waals surface area contributed by atoms with Gasteiger partial charge in [0.25, 0.3) is 5.91 Å². The summed E-state index contributed by atoms with van der Waals surface area (Å²) in [5.41, 5.74) is 0.525. The van der Waals surface area contributed by atoms with E-state index in [1.165, 1.54) is 6.07 Å². The van der Waals surface area contributed by atoms with Crippen molar-refractivity contribution in [3.63, 3.8) is 0 Å². The average Bonchev–Trinajstić information content (AvgIpc) is 2.45. The Kier molecular flexibility index (Phi) is 4.96. The number of alkyl halides is 1. The molecule has 0 spiro atoms. The van der Waals surface area contributed by atoms with Gasteiger partial charge in [0, 0.05) is 21.4 Å².